The van der Waals surface area contributed by atoms with Gasteiger partial charge in [0.25, 0.3) is 11.8 Å². The summed E-state index contributed by atoms with van der Waals surface area (Å²) in [7, 11) is 3.10. The molecule has 1 aliphatic rings. The van der Waals surface area contributed by atoms with Crippen LogP contribution in [-0.4, -0.2) is 48.6 Å². The highest BCUT2D eigenvalue weighted by molar-refractivity contribution is 5.99. The minimum absolute atomic E-state index is 0.0264. The van der Waals surface area contributed by atoms with Crippen molar-refractivity contribution in [2.75, 3.05) is 27.3 Å². The topological polar surface area (TPSA) is 89.9 Å². The smallest absolute Gasteiger partial charge is 0.259 e. The quantitative estimate of drug-likeness (QED) is 0.635. The molecule has 8 heteroatoms. The van der Waals surface area contributed by atoms with Crippen LogP contribution in [0.15, 0.2) is 35.4 Å². The SMILES string of the molecule is CC[C@H](C)n1cc(C(=O)NCc2ccc(OC)c(OC)c2)c(=O)c(C(=O)N2CCCCCC2)c1. The summed E-state index contributed by atoms with van der Waals surface area (Å²) in [6, 6.07) is 5.39. The van der Waals surface area contributed by atoms with Crippen molar-refractivity contribution in [3.63, 3.8) is 0 Å². The Morgan fingerprint density at radius 3 is 2.26 bits per heavy atom. The molecular weight excluding hydrogens is 434 g/mol. The van der Waals surface area contributed by atoms with Crippen LogP contribution in [0.2, 0.25) is 0 Å². The molecule has 1 aliphatic heterocycles. The van der Waals surface area contributed by atoms with Crippen molar-refractivity contribution in [2.45, 2.75) is 58.5 Å². The molecule has 1 fully saturated rings. The average Bonchev–Trinajstić information content (AvgIpc) is 3.16. The standard InChI is InChI=1S/C26H35N3O5/c1-5-18(2)29-16-20(24(30)21(17-29)26(32)28-12-8-6-7-9-13-28)25(31)27-15-19-10-11-22(33-3)23(14-19)34-4/h10-11,14,16-18H,5-9,12-13,15H2,1-4H3,(H,27,31)/t18-/m0/s1. The summed E-state index contributed by atoms with van der Waals surface area (Å²) in [4.78, 5) is 41.4. The summed E-state index contributed by atoms with van der Waals surface area (Å²) >= 11 is 0. The number of ether oxygens (including phenoxy) is 2. The number of benzene rings is 1. The fourth-order valence-corrected chi connectivity index (χ4v) is 4.09. The number of hydrogen-bond acceptors (Lipinski definition) is 5. The maximum atomic E-state index is 13.3. The third kappa shape index (κ3) is 5.79. The van der Waals surface area contributed by atoms with Gasteiger partial charge in [0.2, 0.25) is 5.43 Å². The zero-order valence-corrected chi connectivity index (χ0v) is 20.6. The van der Waals surface area contributed by atoms with Crippen LogP contribution >= 0.6 is 0 Å². The molecule has 0 unspecified atom stereocenters. The van der Waals surface area contributed by atoms with E-state index in [2.05, 4.69) is 5.32 Å². The highest BCUT2D eigenvalue weighted by atomic mass is 16.5. The molecule has 0 aliphatic carbocycles. The van der Waals surface area contributed by atoms with Crippen molar-refractivity contribution in [3.8, 4) is 11.5 Å². The van der Waals surface area contributed by atoms with Crippen molar-refractivity contribution in [1.29, 1.82) is 0 Å². The molecule has 1 aromatic carbocycles. The number of pyridine rings is 1. The molecule has 8 nitrogen and oxygen atoms in total. The van der Waals surface area contributed by atoms with Crippen LogP contribution in [-0.2, 0) is 6.54 Å². The number of methoxy groups -OCH3 is 2. The monoisotopic (exact) mass is 469 g/mol. The molecule has 2 heterocycles. The average molecular weight is 470 g/mol. The molecule has 34 heavy (non-hydrogen) atoms. The van der Waals surface area contributed by atoms with E-state index < -0.39 is 11.3 Å². The number of aromatic nitrogens is 1. The van der Waals surface area contributed by atoms with Gasteiger partial charge in [0.05, 0.1) is 14.2 Å². The second-order valence-corrected chi connectivity index (χ2v) is 8.70. The Hall–Kier alpha value is -3.29. The fourth-order valence-electron chi connectivity index (χ4n) is 4.09. The third-order valence-corrected chi connectivity index (χ3v) is 6.41. The molecule has 2 amide bonds. The predicted octanol–water partition coefficient (Wildman–Crippen LogP) is 3.78. The van der Waals surface area contributed by atoms with E-state index in [1.165, 1.54) is 0 Å². The van der Waals surface area contributed by atoms with Gasteiger partial charge in [-0.25, -0.2) is 0 Å². The molecule has 2 aromatic rings. The molecule has 0 bridgehead atoms. The lowest BCUT2D eigenvalue weighted by molar-refractivity contribution is 0.0759. The molecule has 184 valence electrons. The van der Waals surface area contributed by atoms with Crippen molar-refractivity contribution in [1.82, 2.24) is 14.8 Å². The van der Waals surface area contributed by atoms with Crippen molar-refractivity contribution < 1.29 is 19.1 Å². The van der Waals surface area contributed by atoms with Gasteiger partial charge in [0.15, 0.2) is 11.5 Å². The number of amides is 2. The van der Waals surface area contributed by atoms with Gasteiger partial charge in [-0.1, -0.05) is 25.8 Å². The number of hydrogen-bond donors (Lipinski definition) is 1. The summed E-state index contributed by atoms with van der Waals surface area (Å²) in [6.07, 6.45) is 7.98. The molecule has 0 radical (unpaired) electrons. The Labute approximate surface area is 200 Å². The molecule has 0 saturated carbocycles. The van der Waals surface area contributed by atoms with E-state index in [0.29, 0.717) is 24.6 Å². The number of carbonyl (C=O) groups excluding carboxylic acids is 2. The van der Waals surface area contributed by atoms with Crippen LogP contribution in [0.3, 0.4) is 0 Å². The lowest BCUT2D eigenvalue weighted by Crippen LogP contribution is -2.38. The minimum atomic E-state index is -0.529. The van der Waals surface area contributed by atoms with Gasteiger partial charge in [-0.3, -0.25) is 14.4 Å². The summed E-state index contributed by atoms with van der Waals surface area (Å²) in [6.45, 7) is 5.49. The summed E-state index contributed by atoms with van der Waals surface area (Å²) < 4.78 is 12.4. The Bertz CT molecular complexity index is 1070. The van der Waals surface area contributed by atoms with Crippen molar-refractivity contribution >= 4 is 11.8 Å². The lowest BCUT2D eigenvalue weighted by atomic mass is 10.1. The van der Waals surface area contributed by atoms with Gasteiger partial charge in [-0.05, 0) is 43.9 Å². The minimum Gasteiger partial charge on any atom is -0.493 e. The van der Waals surface area contributed by atoms with Gasteiger partial charge < -0.3 is 24.3 Å². The zero-order chi connectivity index (χ0) is 24.7. The summed E-state index contributed by atoms with van der Waals surface area (Å²) in [5, 5.41) is 2.81. The van der Waals surface area contributed by atoms with Crippen LogP contribution in [0.25, 0.3) is 0 Å². The van der Waals surface area contributed by atoms with E-state index in [1.54, 1.807) is 48.2 Å². The zero-order valence-electron chi connectivity index (χ0n) is 20.6. The Morgan fingerprint density at radius 1 is 1.00 bits per heavy atom. The van der Waals surface area contributed by atoms with Gasteiger partial charge >= 0.3 is 0 Å². The van der Waals surface area contributed by atoms with Crippen LogP contribution in [0.4, 0.5) is 0 Å². The molecule has 1 saturated heterocycles. The second-order valence-electron chi connectivity index (χ2n) is 8.70. The van der Waals surface area contributed by atoms with Crippen LogP contribution in [0, 0.1) is 0 Å². The fraction of sp³-hybridized carbons (Fsp3) is 0.500. The summed E-state index contributed by atoms with van der Waals surface area (Å²) in [5.41, 5.74) is 0.297. The van der Waals surface area contributed by atoms with Gasteiger partial charge in [-0.2, -0.15) is 0 Å². The van der Waals surface area contributed by atoms with Gasteiger partial charge in [-0.15, -0.1) is 0 Å². The van der Waals surface area contributed by atoms with Crippen LogP contribution in [0.1, 0.15) is 78.3 Å². The van der Waals surface area contributed by atoms with Crippen molar-refractivity contribution in [3.05, 3.63) is 57.5 Å². The Morgan fingerprint density at radius 2 is 1.65 bits per heavy atom. The molecule has 1 N–H and O–H groups in total. The first-order valence-corrected chi connectivity index (χ1v) is 11.9. The first-order valence-electron chi connectivity index (χ1n) is 11.9. The third-order valence-electron chi connectivity index (χ3n) is 6.41. The molecule has 0 spiro atoms. The number of likely N-dealkylation sites (tertiary alicyclic amines) is 1. The normalized spacial score (nSPS) is 14.8. The van der Waals surface area contributed by atoms with E-state index in [0.717, 1.165) is 37.7 Å². The van der Waals surface area contributed by atoms with Crippen LogP contribution in [0.5, 0.6) is 11.5 Å². The first kappa shape index (κ1) is 25.3. The van der Waals surface area contributed by atoms with E-state index in [9.17, 15) is 14.4 Å². The van der Waals surface area contributed by atoms with E-state index in [1.807, 2.05) is 19.9 Å². The number of nitrogens with one attached hydrogen (secondary N) is 1. The number of rotatable bonds is 8. The van der Waals surface area contributed by atoms with E-state index in [-0.39, 0.29) is 29.6 Å². The Balaban J connectivity index is 1.88. The highest BCUT2D eigenvalue weighted by Crippen LogP contribution is 2.27. The Kier molecular flexibility index (Phi) is 8.73. The molecule has 1 aromatic heterocycles. The predicted molar refractivity (Wildman–Crippen MR) is 131 cm³/mol. The van der Waals surface area contributed by atoms with Gasteiger partial charge in [0, 0.05) is 38.1 Å². The van der Waals surface area contributed by atoms with E-state index in [4.69, 9.17) is 9.47 Å². The second kappa shape index (κ2) is 11.7. The van der Waals surface area contributed by atoms with Gasteiger partial charge in [0.1, 0.15) is 11.1 Å². The number of carbonyl (C=O) groups is 2. The van der Waals surface area contributed by atoms with Crippen LogP contribution < -0.4 is 20.2 Å². The largest absolute Gasteiger partial charge is 0.493 e. The lowest BCUT2D eigenvalue weighted by Gasteiger charge is -2.22. The molecule has 3 rings (SSSR count). The maximum absolute atomic E-state index is 13.3. The van der Waals surface area contributed by atoms with Crippen molar-refractivity contribution in [2.24, 2.45) is 0 Å². The molecule has 1 atom stereocenters. The first-order chi connectivity index (χ1) is 16.4. The maximum Gasteiger partial charge on any atom is 0.259 e. The number of nitrogens with zero attached hydrogens (tertiary/aromatic N) is 2. The summed E-state index contributed by atoms with van der Waals surface area (Å²) in [5.74, 6) is 0.341. The molecular formula is C26H35N3O5. The van der Waals surface area contributed by atoms with E-state index >= 15 is 0 Å². The highest BCUT2D eigenvalue weighted by Gasteiger charge is 2.24.